The number of hydrogen-bond acceptors (Lipinski definition) is 8. The summed E-state index contributed by atoms with van der Waals surface area (Å²) in [7, 11) is 2.97. The summed E-state index contributed by atoms with van der Waals surface area (Å²) in [6, 6.07) is 13.4. The highest BCUT2D eigenvalue weighted by Gasteiger charge is 2.20. The van der Waals surface area contributed by atoms with Crippen molar-refractivity contribution in [3.63, 3.8) is 0 Å². The van der Waals surface area contributed by atoms with E-state index in [0.29, 0.717) is 26.8 Å². The quantitative estimate of drug-likeness (QED) is 0.207. The van der Waals surface area contributed by atoms with E-state index in [1.165, 1.54) is 20.4 Å². The highest BCUT2D eigenvalue weighted by molar-refractivity contribution is 7.99. The standard InChI is InChI=1S/C20H15Cl2N3O4S/c1-27-16-10-17(28-2)25-20(24-16)30-15-5-3-4-14(22)18(15)19(26)29-23-11-12-6-8-13(21)9-7-12/h3-11H,1-2H3/b23-11+. The summed E-state index contributed by atoms with van der Waals surface area (Å²) < 4.78 is 10.3. The van der Waals surface area contributed by atoms with Gasteiger partial charge in [0.25, 0.3) is 0 Å². The number of rotatable bonds is 7. The van der Waals surface area contributed by atoms with E-state index < -0.39 is 5.97 Å². The molecule has 0 atom stereocenters. The summed E-state index contributed by atoms with van der Waals surface area (Å²) in [4.78, 5) is 26.6. The molecule has 3 aromatic rings. The minimum atomic E-state index is -0.719. The third-order valence-corrected chi connectivity index (χ3v) is 5.16. The second kappa shape index (κ2) is 10.3. The molecule has 2 aromatic carbocycles. The van der Waals surface area contributed by atoms with Crippen LogP contribution in [-0.2, 0) is 4.84 Å². The summed E-state index contributed by atoms with van der Waals surface area (Å²) in [6.45, 7) is 0. The largest absolute Gasteiger partial charge is 0.481 e. The van der Waals surface area contributed by atoms with Gasteiger partial charge in [0.05, 0.1) is 37.1 Å². The minimum absolute atomic E-state index is 0.141. The van der Waals surface area contributed by atoms with Gasteiger partial charge in [0.1, 0.15) is 0 Å². The van der Waals surface area contributed by atoms with Gasteiger partial charge in [-0.3, -0.25) is 0 Å². The van der Waals surface area contributed by atoms with Crippen molar-refractivity contribution in [2.75, 3.05) is 14.2 Å². The van der Waals surface area contributed by atoms with Gasteiger partial charge >= 0.3 is 5.97 Å². The zero-order chi connectivity index (χ0) is 21.5. The zero-order valence-corrected chi connectivity index (χ0v) is 18.2. The lowest BCUT2D eigenvalue weighted by Crippen LogP contribution is -2.05. The van der Waals surface area contributed by atoms with E-state index in [9.17, 15) is 4.79 Å². The minimum Gasteiger partial charge on any atom is -0.481 e. The molecule has 0 aliphatic carbocycles. The van der Waals surface area contributed by atoms with Crippen molar-refractivity contribution in [3.05, 3.63) is 69.7 Å². The fourth-order valence-electron chi connectivity index (χ4n) is 2.25. The predicted octanol–water partition coefficient (Wildman–Crippen LogP) is 5.14. The van der Waals surface area contributed by atoms with Crippen molar-refractivity contribution < 1.29 is 19.1 Å². The Morgan fingerprint density at radius 1 is 1.03 bits per heavy atom. The Labute approximate surface area is 187 Å². The number of aromatic nitrogens is 2. The molecule has 10 heteroatoms. The SMILES string of the molecule is COc1cc(OC)nc(Sc2cccc(Cl)c2C(=O)O/N=C/c2ccc(Cl)cc2)n1. The highest BCUT2D eigenvalue weighted by Crippen LogP contribution is 2.34. The molecule has 30 heavy (non-hydrogen) atoms. The van der Waals surface area contributed by atoms with Gasteiger partial charge in [0.15, 0.2) is 5.16 Å². The van der Waals surface area contributed by atoms with E-state index in [1.807, 2.05) is 0 Å². The van der Waals surface area contributed by atoms with Crippen molar-refractivity contribution in [2.45, 2.75) is 10.1 Å². The fourth-order valence-corrected chi connectivity index (χ4v) is 3.60. The van der Waals surface area contributed by atoms with Gasteiger partial charge in [-0.1, -0.05) is 46.6 Å². The lowest BCUT2D eigenvalue weighted by Gasteiger charge is -2.09. The lowest BCUT2D eigenvalue weighted by molar-refractivity contribution is 0.0515. The van der Waals surface area contributed by atoms with Crippen LogP contribution >= 0.6 is 35.0 Å². The van der Waals surface area contributed by atoms with E-state index in [4.69, 9.17) is 37.5 Å². The number of halogens is 2. The summed E-state index contributed by atoms with van der Waals surface area (Å²) in [5.41, 5.74) is 0.862. The van der Waals surface area contributed by atoms with Crippen molar-refractivity contribution in [3.8, 4) is 11.8 Å². The normalized spacial score (nSPS) is 10.8. The molecule has 7 nitrogen and oxygen atoms in total. The lowest BCUT2D eigenvalue weighted by atomic mass is 10.2. The van der Waals surface area contributed by atoms with Gasteiger partial charge in [-0.05, 0) is 41.6 Å². The number of hydrogen-bond donors (Lipinski definition) is 0. The van der Waals surface area contributed by atoms with Gasteiger partial charge in [0, 0.05) is 9.92 Å². The molecule has 0 bridgehead atoms. The highest BCUT2D eigenvalue weighted by atomic mass is 35.5. The molecule has 0 N–H and O–H groups in total. The van der Waals surface area contributed by atoms with Crippen molar-refractivity contribution >= 4 is 47.1 Å². The van der Waals surface area contributed by atoms with E-state index in [-0.39, 0.29) is 10.6 Å². The number of carbonyl (C=O) groups excluding carboxylic acids is 1. The summed E-state index contributed by atoms with van der Waals surface area (Å²) in [5, 5.41) is 4.85. The van der Waals surface area contributed by atoms with Crippen LogP contribution < -0.4 is 9.47 Å². The number of ether oxygens (including phenoxy) is 2. The summed E-state index contributed by atoms with van der Waals surface area (Å²) in [5.74, 6) is -0.0747. The average molecular weight is 464 g/mol. The summed E-state index contributed by atoms with van der Waals surface area (Å²) >= 11 is 13.2. The molecule has 0 aliphatic heterocycles. The fraction of sp³-hybridized carbons (Fsp3) is 0.100. The molecule has 0 spiro atoms. The van der Waals surface area contributed by atoms with Gasteiger partial charge in [-0.15, -0.1) is 0 Å². The molecule has 0 aliphatic rings. The molecule has 1 aromatic heterocycles. The molecule has 0 radical (unpaired) electrons. The van der Waals surface area contributed by atoms with E-state index in [1.54, 1.807) is 48.5 Å². The maximum Gasteiger partial charge on any atom is 0.368 e. The molecule has 1 heterocycles. The van der Waals surface area contributed by atoms with Crippen LogP contribution in [0.15, 0.2) is 63.7 Å². The molecular formula is C20H15Cl2N3O4S. The van der Waals surface area contributed by atoms with Crippen LogP contribution in [0.4, 0.5) is 0 Å². The Morgan fingerprint density at radius 2 is 1.70 bits per heavy atom. The van der Waals surface area contributed by atoms with Gasteiger partial charge in [-0.25, -0.2) is 4.79 Å². The van der Waals surface area contributed by atoms with Crippen molar-refractivity contribution in [2.24, 2.45) is 5.16 Å². The van der Waals surface area contributed by atoms with Gasteiger partial charge in [0.2, 0.25) is 11.8 Å². The predicted molar refractivity (Wildman–Crippen MR) is 115 cm³/mol. The van der Waals surface area contributed by atoms with Crippen molar-refractivity contribution in [1.29, 1.82) is 0 Å². The van der Waals surface area contributed by atoms with Crippen LogP contribution in [0, 0.1) is 0 Å². The Bertz CT molecular complexity index is 1060. The van der Waals surface area contributed by atoms with E-state index in [2.05, 4.69) is 15.1 Å². The average Bonchev–Trinajstić information content (AvgIpc) is 2.74. The Hall–Kier alpha value is -2.81. The van der Waals surface area contributed by atoms with Crippen LogP contribution in [0.1, 0.15) is 15.9 Å². The monoisotopic (exact) mass is 463 g/mol. The Balaban J connectivity index is 1.82. The maximum atomic E-state index is 12.6. The zero-order valence-electron chi connectivity index (χ0n) is 15.8. The number of carbonyl (C=O) groups is 1. The first kappa shape index (κ1) is 21.9. The van der Waals surface area contributed by atoms with Gasteiger partial charge < -0.3 is 14.3 Å². The number of oxime groups is 1. The first-order valence-corrected chi connectivity index (χ1v) is 10.0. The van der Waals surface area contributed by atoms with Crippen LogP contribution in [0.3, 0.4) is 0 Å². The molecule has 0 saturated heterocycles. The number of nitrogens with zero attached hydrogens (tertiary/aromatic N) is 3. The van der Waals surface area contributed by atoms with E-state index >= 15 is 0 Å². The van der Waals surface area contributed by atoms with Crippen LogP contribution in [-0.4, -0.2) is 36.4 Å². The third-order valence-electron chi connectivity index (χ3n) is 3.67. The molecular weight excluding hydrogens is 449 g/mol. The first-order valence-electron chi connectivity index (χ1n) is 8.44. The van der Waals surface area contributed by atoms with E-state index in [0.717, 1.165) is 17.3 Å². The second-order valence-electron chi connectivity index (χ2n) is 5.62. The van der Waals surface area contributed by atoms with Crippen LogP contribution in [0.2, 0.25) is 10.0 Å². The van der Waals surface area contributed by atoms with Crippen LogP contribution in [0.5, 0.6) is 11.8 Å². The third kappa shape index (κ3) is 5.63. The topological polar surface area (TPSA) is 82.9 Å². The first-order chi connectivity index (χ1) is 14.5. The maximum absolute atomic E-state index is 12.6. The second-order valence-corrected chi connectivity index (χ2v) is 7.47. The number of benzene rings is 2. The molecule has 154 valence electrons. The number of methoxy groups -OCH3 is 2. The smallest absolute Gasteiger partial charge is 0.368 e. The summed E-state index contributed by atoms with van der Waals surface area (Å²) in [6.07, 6.45) is 1.40. The Morgan fingerprint density at radius 3 is 2.33 bits per heavy atom. The van der Waals surface area contributed by atoms with Crippen molar-refractivity contribution in [1.82, 2.24) is 9.97 Å². The molecule has 0 saturated carbocycles. The molecule has 0 fully saturated rings. The molecule has 3 rings (SSSR count). The van der Waals surface area contributed by atoms with Gasteiger partial charge in [-0.2, -0.15) is 9.97 Å². The molecule has 0 amide bonds. The van der Waals surface area contributed by atoms with Crippen LogP contribution in [0.25, 0.3) is 0 Å². The Kier molecular flexibility index (Phi) is 7.51. The molecule has 0 unspecified atom stereocenters.